The molecule has 0 radical (unpaired) electrons. The molecule has 2 aromatic heterocycles. The van der Waals surface area contributed by atoms with Crippen LogP contribution in [0.25, 0.3) is 11.4 Å². The van der Waals surface area contributed by atoms with Crippen LogP contribution >= 0.6 is 11.8 Å². The summed E-state index contributed by atoms with van der Waals surface area (Å²) in [6, 6.07) is 13.3. The van der Waals surface area contributed by atoms with Crippen LogP contribution in [-0.2, 0) is 4.79 Å². The van der Waals surface area contributed by atoms with Crippen LogP contribution in [0, 0.1) is 19.7 Å². The molecule has 11 heteroatoms. The number of anilines is 1. The fraction of sp³-hybridized carbons (Fsp3) is 0.190. The number of nitrogens with one attached hydrogen (secondary N) is 1. The number of thioether (sulfide) groups is 1. The van der Waals surface area contributed by atoms with E-state index in [9.17, 15) is 9.18 Å². The van der Waals surface area contributed by atoms with Crippen LogP contribution < -0.4 is 10.1 Å². The lowest BCUT2D eigenvalue weighted by Gasteiger charge is -2.11. The van der Waals surface area contributed by atoms with E-state index in [4.69, 9.17) is 4.74 Å². The van der Waals surface area contributed by atoms with Gasteiger partial charge in [-0.1, -0.05) is 17.8 Å². The Morgan fingerprint density at radius 1 is 1.12 bits per heavy atom. The molecule has 4 rings (SSSR count). The van der Waals surface area contributed by atoms with Crippen LogP contribution in [0.3, 0.4) is 0 Å². The molecule has 0 saturated carbocycles. The molecular weight excluding hydrogens is 433 g/mol. The maximum absolute atomic E-state index is 13.3. The summed E-state index contributed by atoms with van der Waals surface area (Å²) in [4.78, 5) is 12.6. The molecule has 1 N–H and O–H groups in total. The monoisotopic (exact) mass is 453 g/mol. The van der Waals surface area contributed by atoms with Gasteiger partial charge in [0.15, 0.2) is 0 Å². The molecule has 0 atom stereocenters. The van der Waals surface area contributed by atoms with Crippen molar-refractivity contribution in [1.82, 2.24) is 30.0 Å². The van der Waals surface area contributed by atoms with Crippen LogP contribution in [0.1, 0.15) is 11.3 Å². The lowest BCUT2D eigenvalue weighted by molar-refractivity contribution is -0.113. The fourth-order valence-electron chi connectivity index (χ4n) is 3.06. The number of hydrogen-bond donors (Lipinski definition) is 1. The molecule has 0 aliphatic carbocycles. The summed E-state index contributed by atoms with van der Waals surface area (Å²) in [7, 11) is 1.57. The summed E-state index contributed by atoms with van der Waals surface area (Å²) in [5.41, 5.74) is 3.06. The third-order valence-electron chi connectivity index (χ3n) is 4.51. The van der Waals surface area contributed by atoms with Gasteiger partial charge in [0.2, 0.25) is 11.1 Å². The van der Waals surface area contributed by atoms with Gasteiger partial charge >= 0.3 is 0 Å². The third kappa shape index (κ3) is 4.62. The number of rotatable bonds is 7. The van der Waals surface area contributed by atoms with Gasteiger partial charge < -0.3 is 10.1 Å². The van der Waals surface area contributed by atoms with Gasteiger partial charge in [-0.2, -0.15) is 9.78 Å². The Labute approximate surface area is 187 Å². The maximum Gasteiger partial charge on any atom is 0.236 e. The van der Waals surface area contributed by atoms with Crippen molar-refractivity contribution >= 4 is 23.5 Å². The van der Waals surface area contributed by atoms with Gasteiger partial charge in [-0.15, -0.1) is 5.10 Å². The van der Waals surface area contributed by atoms with Gasteiger partial charge in [-0.05, 0) is 66.2 Å². The number of carbonyl (C=O) groups excluding carboxylic acids is 1. The van der Waals surface area contributed by atoms with E-state index < -0.39 is 0 Å². The first-order chi connectivity index (χ1) is 15.4. The smallest absolute Gasteiger partial charge is 0.236 e. The second kappa shape index (κ2) is 9.18. The largest absolute Gasteiger partial charge is 0.494 e. The summed E-state index contributed by atoms with van der Waals surface area (Å²) in [5.74, 6) is 0.571. The zero-order chi connectivity index (χ0) is 22.7. The van der Waals surface area contributed by atoms with E-state index in [1.54, 1.807) is 30.0 Å². The molecule has 0 aliphatic rings. The number of tetrazole rings is 1. The maximum atomic E-state index is 13.3. The van der Waals surface area contributed by atoms with Crippen LogP contribution in [0.15, 0.2) is 53.7 Å². The molecule has 164 valence electrons. The minimum absolute atomic E-state index is 0.0716. The Bertz CT molecular complexity index is 1250. The zero-order valence-electron chi connectivity index (χ0n) is 17.6. The number of ether oxygens (including phenoxy) is 1. The van der Waals surface area contributed by atoms with Crippen LogP contribution in [0.2, 0.25) is 0 Å². The molecule has 0 spiro atoms. The number of hydrogen-bond acceptors (Lipinski definition) is 7. The number of aromatic nitrogens is 6. The van der Waals surface area contributed by atoms with Gasteiger partial charge in [0.05, 0.1) is 24.2 Å². The summed E-state index contributed by atoms with van der Waals surface area (Å²) in [5, 5.41) is 19.5. The number of methoxy groups -OCH3 is 1. The topological polar surface area (TPSA) is 99.8 Å². The normalized spacial score (nSPS) is 10.9. The van der Waals surface area contributed by atoms with Crippen LogP contribution in [-0.4, -0.2) is 48.8 Å². The molecule has 9 nitrogen and oxygen atoms in total. The van der Waals surface area contributed by atoms with Gasteiger partial charge in [0.1, 0.15) is 23.1 Å². The van der Waals surface area contributed by atoms with Crippen molar-refractivity contribution in [2.24, 2.45) is 0 Å². The number of carbonyl (C=O) groups is 1. The number of amides is 1. The highest BCUT2D eigenvalue weighted by atomic mass is 32.2. The highest BCUT2D eigenvalue weighted by Crippen LogP contribution is 2.27. The Kier molecular flexibility index (Phi) is 6.17. The highest BCUT2D eigenvalue weighted by Gasteiger charge is 2.17. The zero-order valence-corrected chi connectivity index (χ0v) is 18.4. The van der Waals surface area contributed by atoms with Crippen LogP contribution in [0.5, 0.6) is 5.75 Å². The number of benzene rings is 2. The average Bonchev–Trinajstić information content (AvgIpc) is 3.39. The fourth-order valence-corrected chi connectivity index (χ4v) is 3.75. The van der Waals surface area contributed by atoms with Crippen molar-refractivity contribution in [2.45, 2.75) is 19.0 Å². The standard InChI is InChI=1S/C21H20FN7O2S/c1-13-4-9-18(31-3)17(10-13)29-21(24-26-27-29)32-12-20(30)23-19-11-14(2)25-28(19)16-7-5-15(22)6-8-16/h4-11H,12H2,1-3H3,(H,23,30). The van der Waals surface area contributed by atoms with E-state index in [1.165, 1.54) is 28.6 Å². The summed E-state index contributed by atoms with van der Waals surface area (Å²) < 4.78 is 21.8. The number of aryl methyl sites for hydroxylation is 2. The summed E-state index contributed by atoms with van der Waals surface area (Å²) in [6.07, 6.45) is 0. The molecule has 2 aromatic carbocycles. The predicted molar refractivity (Wildman–Crippen MR) is 118 cm³/mol. The first-order valence-corrected chi connectivity index (χ1v) is 10.6. The van der Waals surface area contributed by atoms with E-state index >= 15 is 0 Å². The van der Waals surface area contributed by atoms with Crippen LogP contribution in [0.4, 0.5) is 10.2 Å². The predicted octanol–water partition coefficient (Wildman–Crippen LogP) is 3.34. The summed E-state index contributed by atoms with van der Waals surface area (Å²) >= 11 is 1.19. The second-order valence-electron chi connectivity index (χ2n) is 6.94. The number of halogens is 1. The van der Waals surface area contributed by atoms with Gasteiger partial charge in [0, 0.05) is 6.07 Å². The van der Waals surface area contributed by atoms with E-state index in [-0.39, 0.29) is 17.5 Å². The minimum atomic E-state index is -0.345. The lowest BCUT2D eigenvalue weighted by atomic mass is 10.2. The van der Waals surface area contributed by atoms with E-state index in [1.807, 2.05) is 32.0 Å². The van der Waals surface area contributed by atoms with Crippen molar-refractivity contribution in [3.63, 3.8) is 0 Å². The van der Waals surface area contributed by atoms with E-state index in [0.29, 0.717) is 33.8 Å². The van der Waals surface area contributed by atoms with Crippen molar-refractivity contribution in [3.05, 3.63) is 65.6 Å². The minimum Gasteiger partial charge on any atom is -0.494 e. The quantitative estimate of drug-likeness (QED) is 0.429. The lowest BCUT2D eigenvalue weighted by Crippen LogP contribution is -2.17. The first-order valence-electron chi connectivity index (χ1n) is 9.63. The first kappa shape index (κ1) is 21.5. The Morgan fingerprint density at radius 2 is 1.91 bits per heavy atom. The molecular formula is C21H20FN7O2S. The van der Waals surface area contributed by atoms with Crippen molar-refractivity contribution in [2.75, 3.05) is 18.2 Å². The molecule has 0 bridgehead atoms. The molecule has 1 amide bonds. The van der Waals surface area contributed by atoms with Crippen molar-refractivity contribution in [1.29, 1.82) is 0 Å². The summed E-state index contributed by atoms with van der Waals surface area (Å²) in [6.45, 7) is 3.77. The third-order valence-corrected chi connectivity index (χ3v) is 5.43. The Balaban J connectivity index is 1.49. The Morgan fingerprint density at radius 3 is 2.66 bits per heavy atom. The molecule has 4 aromatic rings. The second-order valence-corrected chi connectivity index (χ2v) is 7.89. The SMILES string of the molecule is COc1ccc(C)cc1-n1nnnc1SCC(=O)Nc1cc(C)nn1-c1ccc(F)cc1. The number of nitrogens with zero attached hydrogens (tertiary/aromatic N) is 6. The molecule has 0 unspecified atom stereocenters. The van der Waals surface area contributed by atoms with Crippen molar-refractivity contribution < 1.29 is 13.9 Å². The van der Waals surface area contributed by atoms with Gasteiger partial charge in [-0.25, -0.2) is 9.07 Å². The molecule has 2 heterocycles. The molecule has 0 saturated heterocycles. The van der Waals surface area contributed by atoms with Gasteiger partial charge in [0.25, 0.3) is 0 Å². The Hall–Kier alpha value is -3.73. The van der Waals surface area contributed by atoms with Gasteiger partial charge in [-0.3, -0.25) is 4.79 Å². The van der Waals surface area contributed by atoms with E-state index in [0.717, 1.165) is 5.56 Å². The average molecular weight is 454 g/mol. The molecule has 0 aliphatic heterocycles. The highest BCUT2D eigenvalue weighted by molar-refractivity contribution is 7.99. The van der Waals surface area contributed by atoms with Crippen molar-refractivity contribution in [3.8, 4) is 17.1 Å². The molecule has 0 fully saturated rings. The van der Waals surface area contributed by atoms with E-state index in [2.05, 4.69) is 25.9 Å². The molecule has 32 heavy (non-hydrogen) atoms.